The number of phenols is 1. The standard InChI is InChI=1S/C23H30N4O11S/c1-38-23(37)15(8-12-2-4-13(28)5-3-12)27-21(34)17(29)11-39-10-16(20(33)25-9-19(31)32)26-18(30)7-6-14(24)22(35)36/h2-5,14-16,28H,6-11,24H2,1H3,(H,25,33)(H,26,30)(H,27,34)(H,31,32)(H,35,36). The fourth-order valence-corrected chi connectivity index (χ4v) is 3.83. The molecule has 1 aromatic rings. The molecule has 0 heterocycles. The monoisotopic (exact) mass is 570 g/mol. The number of carboxylic acids is 2. The number of thioether (sulfide) groups is 1. The molecule has 0 saturated heterocycles. The van der Waals surface area contributed by atoms with E-state index in [9.17, 15) is 38.7 Å². The summed E-state index contributed by atoms with van der Waals surface area (Å²) in [5, 5.41) is 33.6. The SMILES string of the molecule is COC(=O)C(Cc1ccc(O)cc1)NC(=O)C(=O)CSCC(NC(=O)CCC(N)C(=O)O)C(=O)NCC(=O)O. The number of carboxylic acid groups (broad SMARTS) is 2. The minimum atomic E-state index is -1.34. The van der Waals surface area contributed by atoms with Gasteiger partial charge in [-0.25, -0.2) is 4.79 Å². The fraction of sp³-hybridized carbons (Fsp3) is 0.435. The molecule has 0 radical (unpaired) electrons. The minimum absolute atomic E-state index is 0.000391. The lowest BCUT2D eigenvalue weighted by molar-refractivity contribution is -0.146. The summed E-state index contributed by atoms with van der Waals surface area (Å²) in [5.41, 5.74) is 5.92. The van der Waals surface area contributed by atoms with Gasteiger partial charge in [-0.15, -0.1) is 0 Å². The van der Waals surface area contributed by atoms with Gasteiger partial charge in [0.25, 0.3) is 5.91 Å². The van der Waals surface area contributed by atoms with E-state index in [4.69, 9.17) is 15.9 Å². The second-order valence-electron chi connectivity index (χ2n) is 8.07. The van der Waals surface area contributed by atoms with Gasteiger partial charge in [-0.3, -0.25) is 28.8 Å². The van der Waals surface area contributed by atoms with Crippen molar-refractivity contribution in [2.45, 2.75) is 37.4 Å². The fourth-order valence-electron chi connectivity index (χ4n) is 2.92. The third-order valence-electron chi connectivity index (χ3n) is 5.00. The largest absolute Gasteiger partial charge is 0.508 e. The first kappa shape index (κ1) is 32.8. The summed E-state index contributed by atoms with van der Waals surface area (Å²) in [7, 11) is 1.11. The zero-order valence-corrected chi connectivity index (χ0v) is 21.7. The van der Waals surface area contributed by atoms with E-state index >= 15 is 0 Å². The Balaban J connectivity index is 2.73. The molecule has 0 fully saturated rings. The lowest BCUT2D eigenvalue weighted by Gasteiger charge is -2.18. The molecular formula is C23H30N4O11S. The highest BCUT2D eigenvalue weighted by molar-refractivity contribution is 8.00. The second-order valence-corrected chi connectivity index (χ2v) is 9.10. The number of benzene rings is 1. The summed E-state index contributed by atoms with van der Waals surface area (Å²) in [6.45, 7) is -0.739. The first-order valence-corrected chi connectivity index (χ1v) is 12.5. The van der Waals surface area contributed by atoms with Crippen molar-refractivity contribution in [2.24, 2.45) is 5.73 Å². The van der Waals surface area contributed by atoms with Gasteiger partial charge in [-0.05, 0) is 24.1 Å². The van der Waals surface area contributed by atoms with E-state index in [1.54, 1.807) is 0 Å². The van der Waals surface area contributed by atoms with Crippen LogP contribution in [0, 0.1) is 0 Å². The van der Waals surface area contributed by atoms with Crippen LogP contribution in [-0.4, -0.2) is 100 Å². The summed E-state index contributed by atoms with van der Waals surface area (Å²) in [6, 6.07) is 2.00. The maximum Gasteiger partial charge on any atom is 0.328 e. The van der Waals surface area contributed by atoms with Crippen molar-refractivity contribution >= 4 is 53.2 Å². The molecule has 39 heavy (non-hydrogen) atoms. The normalized spacial score (nSPS) is 12.8. The number of rotatable bonds is 17. The van der Waals surface area contributed by atoms with Crippen LogP contribution in [0.25, 0.3) is 0 Å². The predicted octanol–water partition coefficient (Wildman–Crippen LogP) is -2.23. The average molecular weight is 571 g/mol. The van der Waals surface area contributed by atoms with Crippen LogP contribution in [0.15, 0.2) is 24.3 Å². The number of aliphatic carboxylic acids is 2. The number of Topliss-reactive ketones (excluding diaryl/α,β-unsaturated/α-hetero) is 1. The van der Waals surface area contributed by atoms with Crippen LogP contribution < -0.4 is 21.7 Å². The van der Waals surface area contributed by atoms with E-state index in [0.717, 1.165) is 18.9 Å². The lowest BCUT2D eigenvalue weighted by Crippen LogP contribution is -2.50. The highest BCUT2D eigenvalue weighted by Crippen LogP contribution is 2.12. The predicted molar refractivity (Wildman–Crippen MR) is 136 cm³/mol. The number of amides is 3. The summed E-state index contributed by atoms with van der Waals surface area (Å²) in [6.07, 6.45) is -0.581. The van der Waals surface area contributed by atoms with Gasteiger partial charge in [0.15, 0.2) is 0 Å². The van der Waals surface area contributed by atoms with Crippen LogP contribution >= 0.6 is 11.8 Å². The van der Waals surface area contributed by atoms with Crippen molar-refractivity contribution in [1.29, 1.82) is 0 Å². The molecule has 16 heteroatoms. The molecular weight excluding hydrogens is 540 g/mol. The number of ether oxygens (including phenoxy) is 1. The molecule has 8 N–H and O–H groups in total. The van der Waals surface area contributed by atoms with Gasteiger partial charge in [0, 0.05) is 18.6 Å². The topological polar surface area (TPSA) is 252 Å². The molecule has 1 rings (SSSR count). The van der Waals surface area contributed by atoms with Crippen molar-refractivity contribution in [3.63, 3.8) is 0 Å². The molecule has 0 aliphatic rings. The van der Waals surface area contributed by atoms with Gasteiger partial charge in [-0.1, -0.05) is 12.1 Å². The summed E-state index contributed by atoms with van der Waals surface area (Å²) >= 11 is 0.782. The Morgan fingerprint density at radius 3 is 2.21 bits per heavy atom. The number of ketones is 1. The Labute approximate surface area is 226 Å². The Hall–Kier alpha value is -4.18. The Bertz CT molecular complexity index is 1060. The van der Waals surface area contributed by atoms with Crippen molar-refractivity contribution in [3.8, 4) is 5.75 Å². The molecule has 0 aromatic heterocycles. The average Bonchev–Trinajstić information content (AvgIpc) is 2.89. The third-order valence-corrected chi connectivity index (χ3v) is 6.04. The van der Waals surface area contributed by atoms with E-state index in [-0.39, 0.29) is 30.8 Å². The lowest BCUT2D eigenvalue weighted by atomic mass is 10.1. The van der Waals surface area contributed by atoms with Crippen LogP contribution in [0.1, 0.15) is 18.4 Å². The van der Waals surface area contributed by atoms with Gasteiger partial charge < -0.3 is 41.7 Å². The molecule has 0 bridgehead atoms. The van der Waals surface area contributed by atoms with E-state index in [1.807, 2.05) is 0 Å². The van der Waals surface area contributed by atoms with Crippen LogP contribution in [0.5, 0.6) is 5.75 Å². The molecule has 0 spiro atoms. The van der Waals surface area contributed by atoms with Crippen molar-refractivity contribution in [1.82, 2.24) is 16.0 Å². The number of carbonyl (C=O) groups is 7. The molecule has 3 amide bonds. The van der Waals surface area contributed by atoms with Gasteiger partial charge in [0.05, 0.1) is 12.9 Å². The molecule has 214 valence electrons. The summed E-state index contributed by atoms with van der Waals surface area (Å²) < 4.78 is 4.67. The molecule has 3 unspecified atom stereocenters. The van der Waals surface area contributed by atoms with Crippen molar-refractivity contribution < 1.29 is 53.6 Å². The number of carbonyl (C=O) groups excluding carboxylic acids is 5. The van der Waals surface area contributed by atoms with Gasteiger partial charge in [0.1, 0.15) is 30.4 Å². The molecule has 0 aliphatic heterocycles. The molecule has 15 nitrogen and oxygen atoms in total. The van der Waals surface area contributed by atoms with E-state index in [0.29, 0.717) is 5.56 Å². The number of hydrogen-bond acceptors (Lipinski definition) is 11. The van der Waals surface area contributed by atoms with Gasteiger partial charge in [-0.2, -0.15) is 11.8 Å². The highest BCUT2D eigenvalue weighted by Gasteiger charge is 2.27. The van der Waals surface area contributed by atoms with Crippen LogP contribution in [0.2, 0.25) is 0 Å². The number of nitrogens with two attached hydrogens (primary N) is 1. The Morgan fingerprint density at radius 2 is 1.64 bits per heavy atom. The van der Waals surface area contributed by atoms with Crippen molar-refractivity contribution in [3.05, 3.63) is 29.8 Å². The van der Waals surface area contributed by atoms with E-state index < -0.39 is 71.8 Å². The van der Waals surface area contributed by atoms with Gasteiger partial charge in [0.2, 0.25) is 17.6 Å². The zero-order chi connectivity index (χ0) is 29.5. The van der Waals surface area contributed by atoms with Crippen LogP contribution in [-0.2, 0) is 44.7 Å². The Morgan fingerprint density at radius 1 is 1.00 bits per heavy atom. The molecule has 1 aromatic carbocycles. The van der Waals surface area contributed by atoms with E-state index in [1.165, 1.54) is 24.3 Å². The minimum Gasteiger partial charge on any atom is -0.508 e. The summed E-state index contributed by atoms with van der Waals surface area (Å²) in [5.74, 6) is -7.83. The van der Waals surface area contributed by atoms with Crippen LogP contribution in [0.3, 0.4) is 0 Å². The van der Waals surface area contributed by atoms with Crippen molar-refractivity contribution in [2.75, 3.05) is 25.2 Å². The van der Waals surface area contributed by atoms with Gasteiger partial charge >= 0.3 is 17.9 Å². The molecule has 0 saturated carbocycles. The Kier molecular flexibility index (Phi) is 14.0. The van der Waals surface area contributed by atoms with Crippen LogP contribution in [0.4, 0.5) is 0 Å². The first-order valence-electron chi connectivity index (χ1n) is 11.4. The third kappa shape index (κ3) is 12.8. The summed E-state index contributed by atoms with van der Waals surface area (Å²) in [4.78, 5) is 82.9. The number of phenolic OH excluding ortho intramolecular Hbond substituents is 1. The van der Waals surface area contributed by atoms with E-state index in [2.05, 4.69) is 20.7 Å². The highest BCUT2D eigenvalue weighted by atomic mass is 32.2. The number of esters is 1. The molecule has 3 atom stereocenters. The number of methoxy groups -OCH3 is 1. The maximum absolute atomic E-state index is 12.4. The number of nitrogens with one attached hydrogen (secondary N) is 3. The molecule has 0 aliphatic carbocycles. The zero-order valence-electron chi connectivity index (χ0n) is 20.9. The number of aromatic hydroxyl groups is 1. The maximum atomic E-state index is 12.4. The second kappa shape index (κ2) is 16.6. The number of hydrogen-bond donors (Lipinski definition) is 7. The first-order chi connectivity index (χ1) is 18.3. The smallest absolute Gasteiger partial charge is 0.328 e. The quantitative estimate of drug-likeness (QED) is 0.0774.